The standard InChI is InChI=1S/C22H29N3O7S/c1-3-16-19(21(27)31-4-2)17(24-22(28)23-16)14-32-20(26)18-12-8-9-13-25(18)33(29,30)15-10-6-5-7-11-15/h5-7,10-11,16,18H,3-4,8-9,12-14H2,1-2H3,(H2,23,24,28)/t16-,18-/m0/s1. The number of piperidine rings is 1. The van der Waals surface area contributed by atoms with Crippen LogP contribution in [0.5, 0.6) is 0 Å². The molecule has 2 N–H and O–H groups in total. The van der Waals surface area contributed by atoms with Gasteiger partial charge < -0.3 is 20.1 Å². The van der Waals surface area contributed by atoms with Gasteiger partial charge in [-0.25, -0.2) is 18.0 Å². The summed E-state index contributed by atoms with van der Waals surface area (Å²) in [6.45, 7) is 3.43. The highest BCUT2D eigenvalue weighted by molar-refractivity contribution is 7.89. The summed E-state index contributed by atoms with van der Waals surface area (Å²) in [6, 6.07) is 5.83. The van der Waals surface area contributed by atoms with Gasteiger partial charge in [-0.2, -0.15) is 4.31 Å². The van der Waals surface area contributed by atoms with Gasteiger partial charge in [0.05, 0.1) is 28.8 Å². The SMILES string of the molecule is CCOC(=O)C1=C(COC(=O)[C@@H]2CCCCN2S(=O)(=O)c2ccccc2)NC(=O)N[C@H]1CC. The third-order valence-electron chi connectivity index (χ3n) is 5.58. The Kier molecular flexibility index (Phi) is 8.09. The van der Waals surface area contributed by atoms with Crippen molar-refractivity contribution in [3.63, 3.8) is 0 Å². The fraction of sp³-hybridized carbons (Fsp3) is 0.500. The Hall–Kier alpha value is -2.92. The maximum atomic E-state index is 13.1. The molecule has 0 unspecified atom stereocenters. The average molecular weight is 480 g/mol. The molecule has 1 fully saturated rings. The first kappa shape index (κ1) is 24.7. The van der Waals surface area contributed by atoms with E-state index in [1.54, 1.807) is 32.0 Å². The van der Waals surface area contributed by atoms with Crippen LogP contribution in [0.15, 0.2) is 46.5 Å². The van der Waals surface area contributed by atoms with Gasteiger partial charge in [-0.1, -0.05) is 25.1 Å². The topological polar surface area (TPSA) is 131 Å². The number of carbonyl (C=O) groups is 3. The first-order valence-electron chi connectivity index (χ1n) is 11.0. The summed E-state index contributed by atoms with van der Waals surface area (Å²) in [7, 11) is -3.89. The lowest BCUT2D eigenvalue weighted by molar-refractivity contribution is -0.148. The van der Waals surface area contributed by atoms with E-state index in [9.17, 15) is 22.8 Å². The number of nitrogens with zero attached hydrogens (tertiary/aromatic N) is 1. The number of sulfonamides is 1. The van der Waals surface area contributed by atoms with E-state index in [1.165, 1.54) is 16.4 Å². The number of rotatable bonds is 8. The van der Waals surface area contributed by atoms with Gasteiger partial charge in [-0.3, -0.25) is 4.79 Å². The van der Waals surface area contributed by atoms with Crippen LogP contribution in [-0.4, -0.2) is 62.5 Å². The van der Waals surface area contributed by atoms with Crippen LogP contribution in [0.25, 0.3) is 0 Å². The van der Waals surface area contributed by atoms with Gasteiger partial charge in [-0.05, 0) is 44.7 Å². The molecule has 2 aliphatic rings. The van der Waals surface area contributed by atoms with E-state index in [4.69, 9.17) is 9.47 Å². The molecule has 1 saturated heterocycles. The second-order valence-electron chi connectivity index (χ2n) is 7.72. The predicted molar refractivity (Wildman–Crippen MR) is 118 cm³/mol. The maximum absolute atomic E-state index is 13.1. The second kappa shape index (κ2) is 10.8. The molecule has 33 heavy (non-hydrogen) atoms. The largest absolute Gasteiger partial charge is 0.463 e. The molecule has 180 valence electrons. The Bertz CT molecular complexity index is 1020. The number of ether oxygens (including phenoxy) is 2. The smallest absolute Gasteiger partial charge is 0.338 e. The van der Waals surface area contributed by atoms with E-state index in [1.807, 2.05) is 0 Å². The number of carbonyl (C=O) groups excluding carboxylic acids is 3. The average Bonchev–Trinajstić information content (AvgIpc) is 2.82. The van der Waals surface area contributed by atoms with Gasteiger partial charge in [0, 0.05) is 6.54 Å². The molecule has 2 amide bonds. The van der Waals surface area contributed by atoms with Gasteiger partial charge in [0.2, 0.25) is 10.0 Å². The Morgan fingerprint density at radius 2 is 1.85 bits per heavy atom. The van der Waals surface area contributed by atoms with Gasteiger partial charge in [0.1, 0.15) is 12.6 Å². The summed E-state index contributed by atoms with van der Waals surface area (Å²) in [4.78, 5) is 37.6. The van der Waals surface area contributed by atoms with E-state index in [-0.39, 0.29) is 35.9 Å². The Balaban J connectivity index is 1.81. The number of hydrogen-bond acceptors (Lipinski definition) is 7. The quantitative estimate of drug-likeness (QED) is 0.542. The van der Waals surface area contributed by atoms with Crippen molar-refractivity contribution in [2.45, 2.75) is 56.5 Å². The van der Waals surface area contributed by atoms with Crippen LogP contribution >= 0.6 is 0 Å². The number of amides is 2. The Morgan fingerprint density at radius 1 is 1.12 bits per heavy atom. The summed E-state index contributed by atoms with van der Waals surface area (Å²) in [5.74, 6) is -1.35. The van der Waals surface area contributed by atoms with Crippen molar-refractivity contribution in [2.75, 3.05) is 19.8 Å². The lowest BCUT2D eigenvalue weighted by atomic mass is 10.0. The molecular formula is C22H29N3O7S. The molecule has 1 aromatic carbocycles. The second-order valence-corrected chi connectivity index (χ2v) is 9.61. The monoisotopic (exact) mass is 479 g/mol. The molecular weight excluding hydrogens is 450 g/mol. The molecule has 0 saturated carbocycles. The van der Waals surface area contributed by atoms with Crippen molar-refractivity contribution < 1.29 is 32.3 Å². The van der Waals surface area contributed by atoms with E-state index in [0.29, 0.717) is 25.7 Å². The lowest BCUT2D eigenvalue weighted by Gasteiger charge is -2.33. The van der Waals surface area contributed by atoms with Crippen molar-refractivity contribution in [3.05, 3.63) is 41.6 Å². The molecule has 0 aromatic heterocycles. The van der Waals surface area contributed by atoms with Crippen LogP contribution in [0.4, 0.5) is 4.79 Å². The third kappa shape index (κ3) is 5.53. The van der Waals surface area contributed by atoms with Gasteiger partial charge in [0.25, 0.3) is 0 Å². The molecule has 0 aliphatic carbocycles. The van der Waals surface area contributed by atoms with E-state index in [0.717, 1.165) is 0 Å². The van der Waals surface area contributed by atoms with Crippen LogP contribution in [-0.2, 0) is 29.1 Å². The van der Waals surface area contributed by atoms with Gasteiger partial charge in [0.15, 0.2) is 0 Å². The summed E-state index contributed by atoms with van der Waals surface area (Å²) < 4.78 is 38.0. The molecule has 11 heteroatoms. The van der Waals surface area contributed by atoms with Crippen LogP contribution in [0.1, 0.15) is 39.5 Å². The molecule has 3 rings (SSSR count). The summed E-state index contributed by atoms with van der Waals surface area (Å²) in [6.07, 6.45) is 2.06. The van der Waals surface area contributed by atoms with Gasteiger partial charge >= 0.3 is 18.0 Å². The maximum Gasteiger partial charge on any atom is 0.338 e. The first-order valence-corrected chi connectivity index (χ1v) is 12.4. The molecule has 2 aliphatic heterocycles. The molecule has 0 radical (unpaired) electrons. The highest BCUT2D eigenvalue weighted by Gasteiger charge is 2.39. The fourth-order valence-electron chi connectivity index (χ4n) is 3.97. The van der Waals surface area contributed by atoms with Gasteiger partial charge in [-0.15, -0.1) is 0 Å². The van der Waals surface area contributed by atoms with Crippen LogP contribution in [0.3, 0.4) is 0 Å². The summed E-state index contributed by atoms with van der Waals surface area (Å²) in [5.41, 5.74) is 0.315. The number of esters is 2. The third-order valence-corrected chi connectivity index (χ3v) is 7.50. The van der Waals surface area contributed by atoms with Crippen LogP contribution < -0.4 is 10.6 Å². The Labute approximate surface area is 193 Å². The minimum Gasteiger partial charge on any atom is -0.463 e. The van der Waals surface area contributed by atoms with Crippen molar-refractivity contribution in [2.24, 2.45) is 0 Å². The summed E-state index contributed by atoms with van der Waals surface area (Å²) >= 11 is 0. The first-order chi connectivity index (χ1) is 15.8. The minimum absolute atomic E-state index is 0.105. The van der Waals surface area contributed by atoms with E-state index < -0.39 is 40.1 Å². The number of urea groups is 1. The van der Waals surface area contributed by atoms with Crippen LogP contribution in [0, 0.1) is 0 Å². The van der Waals surface area contributed by atoms with E-state index >= 15 is 0 Å². The van der Waals surface area contributed by atoms with Crippen molar-refractivity contribution in [3.8, 4) is 0 Å². The zero-order valence-electron chi connectivity index (χ0n) is 18.7. The van der Waals surface area contributed by atoms with E-state index in [2.05, 4.69) is 10.6 Å². The van der Waals surface area contributed by atoms with Crippen molar-refractivity contribution in [1.29, 1.82) is 0 Å². The predicted octanol–water partition coefficient (Wildman–Crippen LogP) is 1.68. The van der Waals surface area contributed by atoms with Crippen molar-refractivity contribution >= 4 is 28.0 Å². The molecule has 2 heterocycles. The fourth-order valence-corrected chi connectivity index (χ4v) is 5.64. The zero-order chi connectivity index (χ0) is 24.0. The molecule has 10 nitrogen and oxygen atoms in total. The number of hydrogen-bond donors (Lipinski definition) is 2. The molecule has 2 atom stereocenters. The van der Waals surface area contributed by atoms with Crippen LogP contribution in [0.2, 0.25) is 0 Å². The number of benzene rings is 1. The molecule has 0 spiro atoms. The van der Waals surface area contributed by atoms with Crippen molar-refractivity contribution in [1.82, 2.24) is 14.9 Å². The lowest BCUT2D eigenvalue weighted by Crippen LogP contribution is -2.52. The highest BCUT2D eigenvalue weighted by Crippen LogP contribution is 2.26. The zero-order valence-corrected chi connectivity index (χ0v) is 19.5. The normalized spacial score (nSPS) is 21.7. The number of nitrogens with one attached hydrogen (secondary N) is 2. The summed E-state index contributed by atoms with van der Waals surface area (Å²) in [5, 5.41) is 5.16. The highest BCUT2D eigenvalue weighted by atomic mass is 32.2. The molecule has 1 aromatic rings. The minimum atomic E-state index is -3.89. The Morgan fingerprint density at radius 3 is 2.52 bits per heavy atom. The molecule has 0 bridgehead atoms.